The van der Waals surface area contributed by atoms with Gasteiger partial charge >= 0.3 is 5.97 Å². The number of aromatic carboxylic acids is 1. The van der Waals surface area contributed by atoms with Crippen LogP contribution in [0.3, 0.4) is 0 Å². The fraction of sp³-hybridized carbons (Fsp3) is 0.533. The van der Waals surface area contributed by atoms with E-state index in [-0.39, 0.29) is 11.3 Å². The molecule has 2 heterocycles. The van der Waals surface area contributed by atoms with Gasteiger partial charge in [-0.15, -0.1) is 0 Å². The number of nitro groups is 1. The smallest absolute Gasteiger partial charge is 0.338 e. The van der Waals surface area contributed by atoms with E-state index in [2.05, 4.69) is 0 Å². The molecule has 1 N–H and O–H groups in total. The van der Waals surface area contributed by atoms with E-state index in [4.69, 9.17) is 9.47 Å². The third-order valence-corrected chi connectivity index (χ3v) is 4.32. The summed E-state index contributed by atoms with van der Waals surface area (Å²) in [6.07, 6.45) is 2.21. The normalized spacial score (nSPS) is 20.4. The van der Waals surface area contributed by atoms with Crippen LogP contribution in [0.2, 0.25) is 0 Å². The Bertz CT molecular complexity index is 626. The number of hydrogen-bond acceptors (Lipinski definition) is 6. The largest absolute Gasteiger partial charge is 0.478 e. The Morgan fingerprint density at radius 2 is 2.00 bits per heavy atom. The van der Waals surface area contributed by atoms with Gasteiger partial charge in [0.25, 0.3) is 5.69 Å². The second-order valence-electron chi connectivity index (χ2n) is 5.71. The van der Waals surface area contributed by atoms with E-state index in [1.807, 2.05) is 4.90 Å². The molecule has 1 aromatic rings. The van der Waals surface area contributed by atoms with Gasteiger partial charge in [-0.1, -0.05) is 0 Å². The van der Waals surface area contributed by atoms with E-state index in [9.17, 15) is 20.0 Å². The number of rotatable bonds is 3. The molecule has 0 radical (unpaired) electrons. The molecular weight excluding hydrogens is 304 g/mol. The quantitative estimate of drug-likeness (QED) is 0.671. The van der Waals surface area contributed by atoms with Crippen molar-refractivity contribution in [3.63, 3.8) is 0 Å². The molecule has 0 saturated carbocycles. The lowest BCUT2D eigenvalue weighted by Gasteiger charge is -2.27. The molecule has 2 aliphatic rings. The van der Waals surface area contributed by atoms with Crippen molar-refractivity contribution in [3.05, 3.63) is 33.9 Å². The van der Waals surface area contributed by atoms with E-state index in [0.29, 0.717) is 38.4 Å². The molecule has 124 valence electrons. The van der Waals surface area contributed by atoms with Crippen molar-refractivity contribution in [1.29, 1.82) is 0 Å². The first-order chi connectivity index (χ1) is 11.0. The average Bonchev–Trinajstić information content (AvgIpc) is 2.88. The van der Waals surface area contributed by atoms with Crippen LogP contribution in [0.15, 0.2) is 18.2 Å². The molecule has 2 saturated heterocycles. The molecular formula is C15H18N2O6. The Morgan fingerprint density at radius 1 is 1.26 bits per heavy atom. The lowest BCUT2D eigenvalue weighted by atomic mass is 10.1. The minimum absolute atomic E-state index is 0.0524. The SMILES string of the molecule is O=C(O)c1cc([N+](=O)[O-])ccc1N1CCCC2(CC1)OCCO2. The maximum atomic E-state index is 11.5. The first-order valence-electron chi connectivity index (χ1n) is 7.55. The van der Waals surface area contributed by atoms with E-state index in [1.165, 1.54) is 12.1 Å². The van der Waals surface area contributed by atoms with Gasteiger partial charge < -0.3 is 19.5 Å². The highest BCUT2D eigenvalue weighted by Gasteiger charge is 2.38. The maximum absolute atomic E-state index is 11.5. The lowest BCUT2D eigenvalue weighted by molar-refractivity contribution is -0.384. The standard InChI is InChI=1S/C15H18N2O6/c18-14(19)12-10-11(17(20)21)2-3-13(12)16-6-1-4-15(5-7-16)22-8-9-23-15/h2-3,10H,1,4-9H2,(H,18,19). The minimum atomic E-state index is -1.17. The molecule has 0 aliphatic carbocycles. The van der Waals surface area contributed by atoms with E-state index in [0.717, 1.165) is 18.9 Å². The molecule has 1 spiro atoms. The summed E-state index contributed by atoms with van der Waals surface area (Å²) in [4.78, 5) is 23.7. The molecule has 0 amide bonds. The summed E-state index contributed by atoms with van der Waals surface area (Å²) in [6, 6.07) is 3.96. The van der Waals surface area contributed by atoms with Crippen LogP contribution in [-0.2, 0) is 9.47 Å². The first kappa shape index (κ1) is 15.7. The van der Waals surface area contributed by atoms with Crippen molar-refractivity contribution in [2.45, 2.75) is 25.0 Å². The summed E-state index contributed by atoms with van der Waals surface area (Å²) in [6.45, 7) is 2.40. The second-order valence-corrected chi connectivity index (χ2v) is 5.71. The van der Waals surface area contributed by atoms with Crippen LogP contribution in [0, 0.1) is 10.1 Å². The zero-order chi connectivity index (χ0) is 16.4. The van der Waals surface area contributed by atoms with Gasteiger partial charge in [0.05, 0.1) is 29.4 Å². The number of benzene rings is 1. The predicted molar refractivity (Wildman–Crippen MR) is 80.8 cm³/mol. The Labute approximate surface area is 132 Å². The van der Waals surface area contributed by atoms with Crippen molar-refractivity contribution < 1.29 is 24.3 Å². The zero-order valence-electron chi connectivity index (χ0n) is 12.6. The number of non-ortho nitro benzene ring substituents is 1. The molecule has 0 aromatic heterocycles. The van der Waals surface area contributed by atoms with Crippen LogP contribution >= 0.6 is 0 Å². The van der Waals surface area contributed by atoms with Gasteiger partial charge in [0.15, 0.2) is 5.79 Å². The van der Waals surface area contributed by atoms with Crippen molar-refractivity contribution in [2.24, 2.45) is 0 Å². The average molecular weight is 322 g/mol. The molecule has 0 atom stereocenters. The van der Waals surface area contributed by atoms with Crippen LogP contribution in [0.5, 0.6) is 0 Å². The van der Waals surface area contributed by atoms with Gasteiger partial charge in [0.2, 0.25) is 0 Å². The van der Waals surface area contributed by atoms with Crippen LogP contribution in [0.25, 0.3) is 0 Å². The van der Waals surface area contributed by atoms with Gasteiger partial charge in [-0.2, -0.15) is 0 Å². The summed E-state index contributed by atoms with van der Waals surface area (Å²) in [5.41, 5.74) is 0.224. The molecule has 8 nitrogen and oxygen atoms in total. The van der Waals surface area contributed by atoms with Gasteiger partial charge in [-0.25, -0.2) is 4.79 Å². The van der Waals surface area contributed by atoms with Gasteiger partial charge in [0.1, 0.15) is 0 Å². The topological polar surface area (TPSA) is 102 Å². The molecule has 2 fully saturated rings. The fourth-order valence-corrected chi connectivity index (χ4v) is 3.19. The number of carboxylic acid groups (broad SMARTS) is 1. The predicted octanol–water partition coefficient (Wildman–Crippen LogP) is 2.03. The van der Waals surface area contributed by atoms with Crippen LogP contribution in [0.1, 0.15) is 29.6 Å². The number of nitro benzene ring substituents is 1. The third-order valence-electron chi connectivity index (χ3n) is 4.32. The number of carbonyl (C=O) groups is 1. The molecule has 3 rings (SSSR count). The summed E-state index contributed by atoms with van der Waals surface area (Å²) < 4.78 is 11.4. The Morgan fingerprint density at radius 3 is 2.65 bits per heavy atom. The van der Waals surface area contributed by atoms with Crippen molar-refractivity contribution >= 4 is 17.3 Å². The molecule has 23 heavy (non-hydrogen) atoms. The molecule has 0 unspecified atom stereocenters. The third kappa shape index (κ3) is 3.13. The van der Waals surface area contributed by atoms with Gasteiger partial charge in [-0.05, 0) is 12.5 Å². The van der Waals surface area contributed by atoms with Gasteiger partial charge in [-0.3, -0.25) is 10.1 Å². The van der Waals surface area contributed by atoms with Gasteiger partial charge in [0, 0.05) is 38.1 Å². The molecule has 2 aliphatic heterocycles. The Hall–Kier alpha value is -2.19. The lowest BCUT2D eigenvalue weighted by Crippen LogP contribution is -2.32. The highest BCUT2D eigenvalue weighted by Crippen LogP contribution is 2.34. The van der Waals surface area contributed by atoms with E-state index >= 15 is 0 Å². The Kier molecular flexibility index (Phi) is 4.18. The fourth-order valence-electron chi connectivity index (χ4n) is 3.19. The molecule has 1 aromatic carbocycles. The monoisotopic (exact) mass is 322 g/mol. The number of ether oxygens (including phenoxy) is 2. The van der Waals surface area contributed by atoms with Crippen molar-refractivity contribution in [3.8, 4) is 0 Å². The van der Waals surface area contributed by atoms with Crippen LogP contribution in [-0.4, -0.2) is 48.1 Å². The zero-order valence-corrected chi connectivity index (χ0v) is 12.6. The number of carboxylic acids is 1. The highest BCUT2D eigenvalue weighted by atomic mass is 16.7. The summed E-state index contributed by atoms with van der Waals surface area (Å²) in [5, 5.41) is 20.2. The summed E-state index contributed by atoms with van der Waals surface area (Å²) in [7, 11) is 0. The van der Waals surface area contributed by atoms with E-state index < -0.39 is 16.7 Å². The number of hydrogen-bond donors (Lipinski definition) is 1. The summed E-state index contributed by atoms with van der Waals surface area (Å²) in [5.74, 6) is -1.73. The summed E-state index contributed by atoms with van der Waals surface area (Å²) >= 11 is 0. The van der Waals surface area contributed by atoms with E-state index in [1.54, 1.807) is 0 Å². The highest BCUT2D eigenvalue weighted by molar-refractivity contribution is 5.95. The van der Waals surface area contributed by atoms with Crippen molar-refractivity contribution in [1.82, 2.24) is 0 Å². The number of anilines is 1. The first-order valence-corrected chi connectivity index (χ1v) is 7.55. The number of nitrogens with zero attached hydrogens (tertiary/aromatic N) is 2. The maximum Gasteiger partial charge on any atom is 0.338 e. The molecule has 0 bridgehead atoms. The second kappa shape index (κ2) is 6.13. The van der Waals surface area contributed by atoms with Crippen LogP contribution in [0.4, 0.5) is 11.4 Å². The van der Waals surface area contributed by atoms with Crippen LogP contribution < -0.4 is 4.90 Å². The Balaban J connectivity index is 1.86. The minimum Gasteiger partial charge on any atom is -0.478 e. The molecule has 8 heteroatoms. The van der Waals surface area contributed by atoms with Crippen molar-refractivity contribution in [2.75, 3.05) is 31.2 Å².